The number of piperidine rings is 1. The summed E-state index contributed by atoms with van der Waals surface area (Å²) >= 11 is 0. The number of carbonyl (C=O) groups is 1. The average Bonchev–Trinajstić information content (AvgIpc) is 2.93. The van der Waals surface area contributed by atoms with Gasteiger partial charge in [0.05, 0.1) is 18.1 Å². The van der Waals surface area contributed by atoms with Crippen LogP contribution in [0.15, 0.2) is 72.8 Å². The molecule has 4 aromatic rings. The molecule has 0 spiro atoms. The second-order valence-corrected chi connectivity index (χ2v) is 9.00. The Hall–Kier alpha value is -4.13. The van der Waals surface area contributed by atoms with E-state index in [0.717, 1.165) is 46.5 Å². The van der Waals surface area contributed by atoms with Crippen molar-refractivity contribution in [1.29, 1.82) is 0 Å². The number of benzene rings is 3. The Morgan fingerprint density at radius 2 is 1.56 bits per heavy atom. The molecule has 1 N–H and O–H groups in total. The van der Waals surface area contributed by atoms with Crippen LogP contribution in [0.3, 0.4) is 0 Å². The number of nitrogens with zero attached hydrogens (tertiary/aromatic N) is 3. The Morgan fingerprint density at radius 3 is 2.28 bits per heavy atom. The summed E-state index contributed by atoms with van der Waals surface area (Å²) in [7, 11) is 1.64. The highest BCUT2D eigenvalue weighted by Crippen LogP contribution is 2.34. The van der Waals surface area contributed by atoms with Crippen LogP contribution < -0.4 is 19.7 Å². The third-order valence-electron chi connectivity index (χ3n) is 6.63. The number of anilines is 1. The van der Waals surface area contributed by atoms with Gasteiger partial charge in [0, 0.05) is 31.1 Å². The molecule has 1 aliphatic heterocycles. The van der Waals surface area contributed by atoms with E-state index < -0.39 is 0 Å². The van der Waals surface area contributed by atoms with E-state index in [1.807, 2.05) is 79.7 Å². The Morgan fingerprint density at radius 1 is 0.917 bits per heavy atom. The van der Waals surface area contributed by atoms with Gasteiger partial charge in [-0.25, -0.2) is 9.97 Å². The summed E-state index contributed by atoms with van der Waals surface area (Å²) in [6, 6.07) is 23.4. The molecule has 0 atom stereocenters. The summed E-state index contributed by atoms with van der Waals surface area (Å²) < 4.78 is 11.7. The highest BCUT2D eigenvalue weighted by atomic mass is 16.5. The van der Waals surface area contributed by atoms with Gasteiger partial charge in [-0.3, -0.25) is 4.79 Å². The number of methoxy groups -OCH3 is 1. The minimum Gasteiger partial charge on any atom is -0.496 e. The first-order chi connectivity index (χ1) is 17.6. The van der Waals surface area contributed by atoms with Crippen molar-refractivity contribution in [2.75, 3.05) is 25.1 Å². The summed E-state index contributed by atoms with van der Waals surface area (Å²) in [4.78, 5) is 24.8. The number of para-hydroxylation sites is 4. The van der Waals surface area contributed by atoms with Crippen molar-refractivity contribution in [3.05, 3.63) is 83.9 Å². The van der Waals surface area contributed by atoms with Crippen molar-refractivity contribution in [3.63, 3.8) is 0 Å². The number of aromatic nitrogens is 2. The second kappa shape index (κ2) is 10.6. The summed E-state index contributed by atoms with van der Waals surface area (Å²) in [6.45, 7) is 3.86. The molecule has 0 saturated carbocycles. The SMILES string of the molecule is COc1ccccc1CNC(=O)C1CCN(c2nc3ccccc3nc2Oc2ccccc2C)CC1. The van der Waals surface area contributed by atoms with E-state index in [1.54, 1.807) is 7.11 Å². The van der Waals surface area contributed by atoms with Crippen molar-refractivity contribution in [2.24, 2.45) is 5.92 Å². The van der Waals surface area contributed by atoms with Crippen LogP contribution in [0, 0.1) is 12.8 Å². The average molecular weight is 483 g/mol. The maximum Gasteiger partial charge on any atom is 0.263 e. The van der Waals surface area contributed by atoms with Gasteiger partial charge in [-0.05, 0) is 49.6 Å². The second-order valence-electron chi connectivity index (χ2n) is 9.00. The third kappa shape index (κ3) is 5.10. The molecule has 1 saturated heterocycles. The van der Waals surface area contributed by atoms with Crippen molar-refractivity contribution in [1.82, 2.24) is 15.3 Å². The van der Waals surface area contributed by atoms with Gasteiger partial charge in [-0.15, -0.1) is 0 Å². The fraction of sp³-hybridized carbons (Fsp3) is 0.276. The predicted molar refractivity (Wildman–Crippen MR) is 141 cm³/mol. The standard InChI is InChI=1S/C29H30N4O3/c1-20-9-3-7-13-25(20)36-29-27(31-23-11-5-6-12-24(23)32-29)33-17-15-21(16-18-33)28(34)30-19-22-10-4-8-14-26(22)35-2/h3-14,21H,15-19H2,1-2H3,(H,30,34). The van der Waals surface area contributed by atoms with E-state index in [1.165, 1.54) is 0 Å². The van der Waals surface area contributed by atoms with Crippen LogP contribution in [0.25, 0.3) is 11.0 Å². The molecule has 1 aromatic heterocycles. The summed E-state index contributed by atoms with van der Waals surface area (Å²) in [6.07, 6.45) is 1.46. The van der Waals surface area contributed by atoms with Crippen molar-refractivity contribution in [2.45, 2.75) is 26.3 Å². The molecule has 2 heterocycles. The molecule has 5 rings (SSSR count). The van der Waals surface area contributed by atoms with Gasteiger partial charge in [0.2, 0.25) is 5.91 Å². The van der Waals surface area contributed by atoms with Gasteiger partial charge in [-0.2, -0.15) is 0 Å². The smallest absolute Gasteiger partial charge is 0.263 e. The van der Waals surface area contributed by atoms with E-state index in [4.69, 9.17) is 19.4 Å². The Labute approximate surface area is 211 Å². The summed E-state index contributed by atoms with van der Waals surface area (Å²) in [5.41, 5.74) is 3.61. The molecular weight excluding hydrogens is 452 g/mol. The highest BCUT2D eigenvalue weighted by Gasteiger charge is 2.28. The lowest BCUT2D eigenvalue weighted by molar-refractivity contribution is -0.125. The number of ether oxygens (including phenoxy) is 2. The molecular formula is C29H30N4O3. The number of rotatable bonds is 7. The highest BCUT2D eigenvalue weighted by molar-refractivity contribution is 5.80. The monoisotopic (exact) mass is 482 g/mol. The molecule has 1 fully saturated rings. The van der Waals surface area contributed by atoms with Crippen molar-refractivity contribution in [3.8, 4) is 17.4 Å². The molecule has 3 aromatic carbocycles. The van der Waals surface area contributed by atoms with E-state index in [2.05, 4.69) is 10.2 Å². The van der Waals surface area contributed by atoms with E-state index in [0.29, 0.717) is 31.3 Å². The fourth-order valence-electron chi connectivity index (χ4n) is 4.55. The van der Waals surface area contributed by atoms with Crippen molar-refractivity contribution >= 4 is 22.8 Å². The van der Waals surface area contributed by atoms with Gasteiger partial charge >= 0.3 is 0 Å². The molecule has 184 valence electrons. The molecule has 0 radical (unpaired) electrons. The molecule has 1 aliphatic rings. The van der Waals surface area contributed by atoms with Crippen LogP contribution in [0.5, 0.6) is 17.4 Å². The first-order valence-electron chi connectivity index (χ1n) is 12.3. The predicted octanol–water partition coefficient (Wildman–Crippen LogP) is 5.27. The normalized spacial score (nSPS) is 14.0. The Balaban J connectivity index is 1.30. The van der Waals surface area contributed by atoms with E-state index >= 15 is 0 Å². The zero-order valence-electron chi connectivity index (χ0n) is 20.6. The molecule has 0 bridgehead atoms. The van der Waals surface area contributed by atoms with Gasteiger partial charge in [0.15, 0.2) is 5.82 Å². The summed E-state index contributed by atoms with van der Waals surface area (Å²) in [5.74, 6) is 2.76. The Bertz CT molecular complexity index is 1370. The maximum atomic E-state index is 12.9. The zero-order chi connectivity index (χ0) is 24.9. The lowest BCUT2D eigenvalue weighted by atomic mass is 9.95. The Kier molecular flexibility index (Phi) is 6.98. The number of hydrogen-bond acceptors (Lipinski definition) is 6. The number of carbonyl (C=O) groups excluding carboxylic acids is 1. The number of amides is 1. The first kappa shape index (κ1) is 23.6. The van der Waals surface area contributed by atoms with Crippen molar-refractivity contribution < 1.29 is 14.3 Å². The summed E-state index contributed by atoms with van der Waals surface area (Å²) in [5, 5.41) is 3.08. The minimum atomic E-state index is -0.0508. The van der Waals surface area contributed by atoms with Crippen LogP contribution in [0.1, 0.15) is 24.0 Å². The van der Waals surface area contributed by atoms with Crippen LogP contribution in [-0.4, -0.2) is 36.1 Å². The number of nitrogens with one attached hydrogen (secondary N) is 1. The van der Waals surface area contributed by atoms with Gasteiger partial charge in [0.25, 0.3) is 5.88 Å². The number of hydrogen-bond donors (Lipinski definition) is 1. The van der Waals surface area contributed by atoms with Gasteiger partial charge < -0.3 is 19.7 Å². The molecule has 0 unspecified atom stereocenters. The molecule has 1 amide bonds. The third-order valence-corrected chi connectivity index (χ3v) is 6.63. The largest absolute Gasteiger partial charge is 0.496 e. The lowest BCUT2D eigenvalue weighted by Crippen LogP contribution is -2.40. The maximum absolute atomic E-state index is 12.9. The number of fused-ring (bicyclic) bond motifs is 1. The zero-order valence-corrected chi connectivity index (χ0v) is 20.6. The van der Waals surface area contributed by atoms with Crippen LogP contribution in [-0.2, 0) is 11.3 Å². The van der Waals surface area contributed by atoms with Gasteiger partial charge in [-0.1, -0.05) is 48.5 Å². The first-order valence-corrected chi connectivity index (χ1v) is 12.3. The van der Waals surface area contributed by atoms with Gasteiger partial charge in [0.1, 0.15) is 11.5 Å². The van der Waals surface area contributed by atoms with Crippen LogP contribution in [0.4, 0.5) is 5.82 Å². The van der Waals surface area contributed by atoms with E-state index in [9.17, 15) is 4.79 Å². The topological polar surface area (TPSA) is 76.6 Å². The van der Waals surface area contributed by atoms with Crippen LogP contribution in [0.2, 0.25) is 0 Å². The molecule has 0 aliphatic carbocycles. The van der Waals surface area contributed by atoms with E-state index in [-0.39, 0.29) is 11.8 Å². The molecule has 36 heavy (non-hydrogen) atoms. The molecule has 7 heteroatoms. The van der Waals surface area contributed by atoms with Crippen LogP contribution >= 0.6 is 0 Å². The number of aryl methyl sites for hydroxylation is 1. The molecule has 7 nitrogen and oxygen atoms in total. The minimum absolute atomic E-state index is 0.0508. The lowest BCUT2D eigenvalue weighted by Gasteiger charge is -2.32. The fourth-order valence-corrected chi connectivity index (χ4v) is 4.55. The quantitative estimate of drug-likeness (QED) is 0.387.